The molecule has 1 aromatic heterocycles. The summed E-state index contributed by atoms with van der Waals surface area (Å²) < 4.78 is 5.44. The average molecular weight is 319 g/mol. The minimum absolute atomic E-state index is 0.0800. The lowest BCUT2D eigenvalue weighted by Gasteiger charge is -2.34. The van der Waals surface area contributed by atoms with Crippen LogP contribution in [-0.4, -0.2) is 42.5 Å². The van der Waals surface area contributed by atoms with E-state index in [0.717, 1.165) is 18.4 Å². The summed E-state index contributed by atoms with van der Waals surface area (Å²) in [6.45, 7) is 8.95. The van der Waals surface area contributed by atoms with Crippen molar-refractivity contribution < 1.29 is 9.84 Å². The van der Waals surface area contributed by atoms with Crippen LogP contribution in [0.5, 0.6) is 0 Å². The van der Waals surface area contributed by atoms with Gasteiger partial charge in [0.2, 0.25) is 5.69 Å². The maximum atomic E-state index is 9.33. The first-order valence-corrected chi connectivity index (χ1v) is 7.55. The molecule has 1 saturated carbocycles. The lowest BCUT2D eigenvalue weighted by atomic mass is 10.0. The van der Waals surface area contributed by atoms with Crippen LogP contribution in [0.1, 0.15) is 29.9 Å². The molecule has 1 unspecified atom stereocenters. The third-order valence-electron chi connectivity index (χ3n) is 4.00. The van der Waals surface area contributed by atoms with Crippen LogP contribution in [0.4, 0.5) is 11.5 Å². The summed E-state index contributed by atoms with van der Waals surface area (Å²) in [5.41, 5.74) is 1.48. The van der Waals surface area contributed by atoms with Crippen LogP contribution in [0.15, 0.2) is 0 Å². The van der Waals surface area contributed by atoms with Crippen molar-refractivity contribution >= 4 is 23.1 Å². The van der Waals surface area contributed by atoms with Crippen molar-refractivity contribution in [3.05, 3.63) is 27.7 Å². The van der Waals surface area contributed by atoms with Gasteiger partial charge in [-0.2, -0.15) is 5.26 Å². The second-order valence-corrected chi connectivity index (χ2v) is 5.84. The second-order valence-electron chi connectivity index (χ2n) is 5.48. The number of aliphatic hydroxyl groups is 1. The van der Waals surface area contributed by atoms with E-state index in [1.54, 1.807) is 0 Å². The van der Waals surface area contributed by atoms with Crippen molar-refractivity contribution in [2.75, 3.05) is 31.2 Å². The third kappa shape index (κ3) is 2.62. The van der Waals surface area contributed by atoms with E-state index < -0.39 is 0 Å². The summed E-state index contributed by atoms with van der Waals surface area (Å²) in [5.74, 6) is 0.732. The number of pyridine rings is 1. The van der Waals surface area contributed by atoms with Gasteiger partial charge >= 0.3 is 0 Å². The van der Waals surface area contributed by atoms with Gasteiger partial charge in [-0.1, -0.05) is 11.6 Å². The summed E-state index contributed by atoms with van der Waals surface area (Å²) >= 11 is 6.18. The molecule has 1 aliphatic heterocycles. The summed E-state index contributed by atoms with van der Waals surface area (Å²) in [6, 6.07) is 2.09. The van der Waals surface area contributed by atoms with Gasteiger partial charge in [-0.25, -0.2) is 9.83 Å². The van der Waals surface area contributed by atoms with Gasteiger partial charge in [0.15, 0.2) is 0 Å². The SMILES string of the molecule is [C-]#[N+]c1c(N2CCOC(CO)C2)nc(Cl)c(C#N)c1C1CC1. The van der Waals surface area contributed by atoms with Crippen molar-refractivity contribution in [1.29, 1.82) is 5.26 Å². The highest BCUT2D eigenvalue weighted by molar-refractivity contribution is 6.31. The van der Waals surface area contributed by atoms with E-state index in [4.69, 9.17) is 22.9 Å². The molecular weight excluding hydrogens is 304 g/mol. The van der Waals surface area contributed by atoms with Gasteiger partial charge in [0, 0.05) is 13.1 Å². The fourth-order valence-corrected chi connectivity index (χ4v) is 3.00. The van der Waals surface area contributed by atoms with Crippen molar-refractivity contribution in [1.82, 2.24) is 4.98 Å². The Morgan fingerprint density at radius 3 is 2.91 bits per heavy atom. The first-order valence-electron chi connectivity index (χ1n) is 7.18. The Kier molecular flexibility index (Phi) is 4.17. The molecule has 2 heterocycles. The number of morpholine rings is 1. The van der Waals surface area contributed by atoms with Crippen molar-refractivity contribution in [2.24, 2.45) is 0 Å². The van der Waals surface area contributed by atoms with E-state index >= 15 is 0 Å². The number of hydrogen-bond donors (Lipinski definition) is 1. The van der Waals surface area contributed by atoms with E-state index in [2.05, 4.69) is 15.9 Å². The average Bonchev–Trinajstić information content (AvgIpc) is 3.38. The zero-order chi connectivity index (χ0) is 15.7. The zero-order valence-corrected chi connectivity index (χ0v) is 12.7. The maximum Gasteiger partial charge on any atom is 0.233 e. The Balaban J connectivity index is 2.08. The van der Waals surface area contributed by atoms with Gasteiger partial charge in [-0.15, -0.1) is 0 Å². The highest BCUT2D eigenvalue weighted by Crippen LogP contribution is 2.50. The lowest BCUT2D eigenvalue weighted by molar-refractivity contribution is 0.00340. The summed E-state index contributed by atoms with van der Waals surface area (Å²) in [6.07, 6.45) is 1.64. The monoisotopic (exact) mass is 318 g/mol. The molecule has 1 aliphatic carbocycles. The van der Waals surface area contributed by atoms with Crippen LogP contribution in [0, 0.1) is 17.9 Å². The number of rotatable bonds is 3. The van der Waals surface area contributed by atoms with Gasteiger partial charge in [0.1, 0.15) is 17.0 Å². The second kappa shape index (κ2) is 6.10. The Morgan fingerprint density at radius 2 is 2.32 bits per heavy atom. The fraction of sp³-hybridized carbons (Fsp3) is 0.533. The quantitative estimate of drug-likeness (QED) is 0.683. The first kappa shape index (κ1) is 15.1. The molecule has 1 saturated heterocycles. The van der Waals surface area contributed by atoms with E-state index in [-0.39, 0.29) is 23.8 Å². The lowest BCUT2D eigenvalue weighted by Crippen LogP contribution is -2.44. The van der Waals surface area contributed by atoms with E-state index in [1.165, 1.54) is 0 Å². The minimum atomic E-state index is -0.298. The van der Waals surface area contributed by atoms with Gasteiger partial charge in [0.25, 0.3) is 0 Å². The molecule has 0 amide bonds. The molecule has 114 valence electrons. The minimum Gasteiger partial charge on any atom is -0.394 e. The van der Waals surface area contributed by atoms with Crippen molar-refractivity contribution in [3.63, 3.8) is 0 Å². The predicted molar refractivity (Wildman–Crippen MR) is 81.2 cm³/mol. The van der Waals surface area contributed by atoms with Crippen LogP contribution >= 0.6 is 11.6 Å². The number of halogens is 1. The smallest absolute Gasteiger partial charge is 0.233 e. The largest absolute Gasteiger partial charge is 0.394 e. The zero-order valence-electron chi connectivity index (χ0n) is 11.9. The number of anilines is 1. The molecule has 2 aliphatic rings. The molecule has 0 radical (unpaired) electrons. The van der Waals surface area contributed by atoms with Crippen LogP contribution in [0.3, 0.4) is 0 Å². The maximum absolute atomic E-state index is 9.33. The number of nitrogens with zero attached hydrogens (tertiary/aromatic N) is 4. The van der Waals surface area contributed by atoms with Crippen molar-refractivity contribution in [2.45, 2.75) is 24.9 Å². The summed E-state index contributed by atoms with van der Waals surface area (Å²) in [5, 5.41) is 18.8. The molecule has 1 N–H and O–H groups in total. The molecule has 7 heteroatoms. The number of aromatic nitrogens is 1. The molecular formula is C15H15ClN4O2. The van der Waals surface area contributed by atoms with Crippen LogP contribution < -0.4 is 4.90 Å². The Bertz CT molecular complexity index is 676. The highest BCUT2D eigenvalue weighted by Gasteiger charge is 2.34. The van der Waals surface area contributed by atoms with Crippen molar-refractivity contribution in [3.8, 4) is 6.07 Å². The topological polar surface area (TPSA) is 73.7 Å². The Hall–Kier alpha value is -1.86. The molecule has 3 rings (SSSR count). The predicted octanol–water partition coefficient (Wildman–Crippen LogP) is 2.23. The Morgan fingerprint density at radius 1 is 1.55 bits per heavy atom. The first-order chi connectivity index (χ1) is 10.7. The molecule has 6 nitrogen and oxygen atoms in total. The summed E-state index contributed by atoms with van der Waals surface area (Å²) in [4.78, 5) is 9.85. The highest BCUT2D eigenvalue weighted by atomic mass is 35.5. The number of hydrogen-bond acceptors (Lipinski definition) is 5. The number of nitriles is 1. The van der Waals surface area contributed by atoms with Gasteiger partial charge in [-0.3, -0.25) is 0 Å². The standard InChI is InChI=1S/C15H15ClN4O2/c1-18-13-12(9-2-3-9)11(6-17)14(16)19-15(13)20-4-5-22-10(7-20)8-21/h9-10,21H,2-5,7-8H2. The van der Waals surface area contributed by atoms with E-state index in [1.807, 2.05) is 4.90 Å². The number of ether oxygens (including phenoxy) is 1. The molecule has 2 fully saturated rings. The van der Waals surface area contributed by atoms with E-state index in [9.17, 15) is 10.4 Å². The third-order valence-corrected chi connectivity index (χ3v) is 4.27. The van der Waals surface area contributed by atoms with Gasteiger partial charge in [-0.05, 0) is 24.3 Å². The normalized spacial score (nSPS) is 21.3. The summed E-state index contributed by atoms with van der Waals surface area (Å²) in [7, 11) is 0. The van der Waals surface area contributed by atoms with Crippen LogP contribution in [-0.2, 0) is 4.74 Å². The molecule has 0 bridgehead atoms. The number of aliphatic hydroxyl groups excluding tert-OH is 1. The van der Waals surface area contributed by atoms with Crippen LogP contribution in [0.25, 0.3) is 4.85 Å². The molecule has 22 heavy (non-hydrogen) atoms. The molecule has 1 atom stereocenters. The molecule has 0 spiro atoms. The van der Waals surface area contributed by atoms with Crippen LogP contribution in [0.2, 0.25) is 5.15 Å². The van der Waals surface area contributed by atoms with Gasteiger partial charge < -0.3 is 14.7 Å². The van der Waals surface area contributed by atoms with E-state index in [0.29, 0.717) is 36.8 Å². The van der Waals surface area contributed by atoms with Gasteiger partial charge in [0.05, 0.1) is 31.5 Å². The molecule has 0 aromatic carbocycles. The Labute approximate surface area is 133 Å². The molecule has 1 aromatic rings. The fourth-order valence-electron chi connectivity index (χ4n) is 2.78.